The molecule has 0 unspecified atom stereocenters. The fourth-order valence-electron chi connectivity index (χ4n) is 1.66. The van der Waals surface area contributed by atoms with Crippen LogP contribution in [0.2, 0.25) is 5.02 Å². The Labute approximate surface area is 133 Å². The smallest absolute Gasteiger partial charge is 0.337 e. The zero-order chi connectivity index (χ0) is 14.7. The molecule has 20 heavy (non-hydrogen) atoms. The molecule has 0 bridgehead atoms. The first kappa shape index (κ1) is 14.8. The number of nitrogens with one attached hydrogen (secondary N) is 1. The molecule has 0 aromatic heterocycles. The molecule has 0 heterocycles. The van der Waals surface area contributed by atoms with E-state index in [0.29, 0.717) is 14.2 Å². The van der Waals surface area contributed by atoms with Crippen LogP contribution in [0, 0.1) is 3.57 Å². The van der Waals surface area contributed by atoms with Gasteiger partial charge in [0.05, 0.1) is 21.8 Å². The number of anilines is 1. The first-order valence-corrected chi connectivity index (χ1v) is 7.04. The van der Waals surface area contributed by atoms with Gasteiger partial charge in [0.25, 0.3) is 5.91 Å². The van der Waals surface area contributed by atoms with Crippen LogP contribution in [0.15, 0.2) is 42.5 Å². The van der Waals surface area contributed by atoms with Crippen LogP contribution in [-0.4, -0.2) is 17.0 Å². The zero-order valence-electron chi connectivity index (χ0n) is 10.1. The number of para-hydroxylation sites is 1. The van der Waals surface area contributed by atoms with Gasteiger partial charge in [-0.15, -0.1) is 0 Å². The topological polar surface area (TPSA) is 66.4 Å². The van der Waals surface area contributed by atoms with Crippen molar-refractivity contribution in [3.05, 3.63) is 62.2 Å². The Morgan fingerprint density at radius 1 is 1.05 bits per heavy atom. The molecule has 2 aromatic rings. The van der Waals surface area contributed by atoms with Crippen LogP contribution < -0.4 is 5.32 Å². The average molecular weight is 402 g/mol. The van der Waals surface area contributed by atoms with Crippen molar-refractivity contribution in [2.45, 2.75) is 0 Å². The highest BCUT2D eigenvalue weighted by Crippen LogP contribution is 2.25. The lowest BCUT2D eigenvalue weighted by molar-refractivity contribution is 0.0698. The van der Waals surface area contributed by atoms with E-state index in [1.54, 1.807) is 36.4 Å². The van der Waals surface area contributed by atoms with E-state index in [1.807, 2.05) is 22.6 Å². The van der Waals surface area contributed by atoms with Gasteiger partial charge in [0.1, 0.15) is 0 Å². The lowest BCUT2D eigenvalue weighted by Gasteiger charge is -2.11. The van der Waals surface area contributed by atoms with Crippen molar-refractivity contribution >= 4 is 51.8 Å². The third-order valence-corrected chi connectivity index (χ3v) is 3.83. The minimum Gasteiger partial charge on any atom is -0.478 e. The van der Waals surface area contributed by atoms with E-state index >= 15 is 0 Å². The quantitative estimate of drug-likeness (QED) is 0.767. The van der Waals surface area contributed by atoms with Crippen molar-refractivity contribution in [1.29, 1.82) is 0 Å². The van der Waals surface area contributed by atoms with Gasteiger partial charge in [-0.2, -0.15) is 0 Å². The number of rotatable bonds is 3. The first-order valence-electron chi connectivity index (χ1n) is 5.58. The number of carboxylic acids is 1. The number of benzene rings is 2. The molecule has 0 fully saturated rings. The van der Waals surface area contributed by atoms with E-state index in [9.17, 15) is 9.59 Å². The number of carboxylic acid groups (broad SMARTS) is 1. The van der Waals surface area contributed by atoms with Crippen LogP contribution in [0.25, 0.3) is 0 Å². The van der Waals surface area contributed by atoms with Gasteiger partial charge in [-0.1, -0.05) is 29.8 Å². The van der Waals surface area contributed by atoms with Gasteiger partial charge in [0.2, 0.25) is 0 Å². The van der Waals surface area contributed by atoms with Crippen LogP contribution in [0.4, 0.5) is 5.69 Å². The summed E-state index contributed by atoms with van der Waals surface area (Å²) in [4.78, 5) is 23.3. The Balaban J connectivity index is 2.38. The Bertz CT molecular complexity index is 688. The van der Waals surface area contributed by atoms with Gasteiger partial charge in [-0.25, -0.2) is 4.79 Å². The van der Waals surface area contributed by atoms with Crippen molar-refractivity contribution < 1.29 is 14.7 Å². The van der Waals surface area contributed by atoms with E-state index in [0.717, 1.165) is 0 Å². The highest BCUT2D eigenvalue weighted by molar-refractivity contribution is 14.1. The second-order valence-electron chi connectivity index (χ2n) is 3.90. The molecule has 1 amide bonds. The normalized spacial score (nSPS) is 10.1. The van der Waals surface area contributed by atoms with Crippen LogP contribution >= 0.6 is 34.2 Å². The Kier molecular flexibility index (Phi) is 4.61. The molecular weight excluding hydrogens is 393 g/mol. The number of amides is 1. The first-order chi connectivity index (χ1) is 9.50. The molecule has 0 aliphatic rings. The van der Waals surface area contributed by atoms with Crippen LogP contribution in [0.1, 0.15) is 20.7 Å². The SMILES string of the molecule is O=C(Nc1c(I)cccc1C(=O)O)c1ccccc1Cl. The molecule has 0 saturated heterocycles. The maximum absolute atomic E-state index is 12.2. The zero-order valence-corrected chi connectivity index (χ0v) is 13.0. The molecule has 2 rings (SSSR count). The van der Waals surface area contributed by atoms with Crippen molar-refractivity contribution in [2.24, 2.45) is 0 Å². The van der Waals surface area contributed by atoms with Crippen LogP contribution in [0.5, 0.6) is 0 Å². The molecule has 0 aliphatic heterocycles. The second kappa shape index (κ2) is 6.23. The molecule has 4 nitrogen and oxygen atoms in total. The van der Waals surface area contributed by atoms with Gasteiger partial charge in [0, 0.05) is 3.57 Å². The summed E-state index contributed by atoms with van der Waals surface area (Å²) in [5.41, 5.74) is 0.605. The van der Waals surface area contributed by atoms with E-state index in [-0.39, 0.29) is 11.3 Å². The molecular formula is C14H9ClINO3. The standard InChI is InChI=1S/C14H9ClINO3/c15-10-6-2-1-4-8(10)13(18)17-12-9(14(19)20)5-3-7-11(12)16/h1-7H,(H,17,18)(H,19,20). The Morgan fingerprint density at radius 3 is 2.35 bits per heavy atom. The highest BCUT2D eigenvalue weighted by atomic mass is 127. The number of aromatic carboxylic acids is 1. The van der Waals surface area contributed by atoms with Gasteiger partial charge >= 0.3 is 5.97 Å². The monoisotopic (exact) mass is 401 g/mol. The van der Waals surface area contributed by atoms with Crippen LogP contribution in [0.3, 0.4) is 0 Å². The maximum atomic E-state index is 12.2. The largest absolute Gasteiger partial charge is 0.478 e. The Hall–Kier alpha value is -1.60. The fraction of sp³-hybridized carbons (Fsp3) is 0. The number of hydrogen-bond donors (Lipinski definition) is 2. The van der Waals surface area contributed by atoms with E-state index in [1.165, 1.54) is 6.07 Å². The summed E-state index contributed by atoms with van der Waals surface area (Å²) >= 11 is 7.92. The van der Waals surface area contributed by atoms with Crippen molar-refractivity contribution in [3.63, 3.8) is 0 Å². The fourth-order valence-corrected chi connectivity index (χ4v) is 2.51. The summed E-state index contributed by atoms with van der Waals surface area (Å²) in [5.74, 6) is -1.54. The molecule has 0 spiro atoms. The molecule has 0 aliphatic carbocycles. The molecule has 102 valence electrons. The molecule has 2 aromatic carbocycles. The summed E-state index contributed by atoms with van der Waals surface area (Å²) in [5, 5.41) is 12.1. The molecule has 0 atom stereocenters. The van der Waals surface area contributed by atoms with E-state index < -0.39 is 11.9 Å². The summed E-state index contributed by atoms with van der Waals surface area (Å²) in [6.45, 7) is 0. The lowest BCUT2D eigenvalue weighted by Crippen LogP contribution is -2.16. The van der Waals surface area contributed by atoms with Gasteiger partial charge in [-0.05, 0) is 46.9 Å². The number of carbonyl (C=O) groups is 2. The van der Waals surface area contributed by atoms with Crippen molar-refractivity contribution in [3.8, 4) is 0 Å². The summed E-state index contributed by atoms with van der Waals surface area (Å²) < 4.78 is 0.642. The average Bonchev–Trinajstić information content (AvgIpc) is 2.41. The minimum atomic E-state index is -1.10. The lowest BCUT2D eigenvalue weighted by atomic mass is 10.1. The minimum absolute atomic E-state index is 0.0392. The summed E-state index contributed by atoms with van der Waals surface area (Å²) in [6.07, 6.45) is 0. The molecule has 2 N–H and O–H groups in total. The maximum Gasteiger partial charge on any atom is 0.337 e. The third-order valence-electron chi connectivity index (χ3n) is 2.60. The predicted octanol–water partition coefficient (Wildman–Crippen LogP) is 3.90. The number of halogens is 2. The molecule has 0 saturated carbocycles. The van der Waals surface area contributed by atoms with Crippen molar-refractivity contribution in [1.82, 2.24) is 0 Å². The summed E-state index contributed by atoms with van der Waals surface area (Å²) in [6, 6.07) is 11.4. The van der Waals surface area contributed by atoms with Crippen LogP contribution in [-0.2, 0) is 0 Å². The van der Waals surface area contributed by atoms with E-state index in [2.05, 4.69) is 5.32 Å². The molecule has 6 heteroatoms. The third kappa shape index (κ3) is 3.10. The highest BCUT2D eigenvalue weighted by Gasteiger charge is 2.17. The van der Waals surface area contributed by atoms with Gasteiger partial charge < -0.3 is 10.4 Å². The predicted molar refractivity (Wildman–Crippen MR) is 85.5 cm³/mol. The number of carbonyl (C=O) groups excluding carboxylic acids is 1. The van der Waals surface area contributed by atoms with Gasteiger partial charge in [0.15, 0.2) is 0 Å². The molecule has 0 radical (unpaired) electrons. The van der Waals surface area contributed by atoms with Crippen molar-refractivity contribution in [2.75, 3.05) is 5.32 Å². The number of hydrogen-bond acceptors (Lipinski definition) is 2. The summed E-state index contributed by atoms with van der Waals surface area (Å²) in [7, 11) is 0. The second-order valence-corrected chi connectivity index (χ2v) is 5.47. The Morgan fingerprint density at radius 2 is 1.70 bits per heavy atom. The van der Waals surface area contributed by atoms with Gasteiger partial charge in [-0.3, -0.25) is 4.79 Å². The van der Waals surface area contributed by atoms with E-state index in [4.69, 9.17) is 16.7 Å².